The van der Waals surface area contributed by atoms with Gasteiger partial charge in [-0.05, 0) is 37.9 Å². The van der Waals surface area contributed by atoms with Crippen molar-refractivity contribution < 1.29 is 13.2 Å². The Kier molecular flexibility index (Phi) is 7.86. The van der Waals surface area contributed by atoms with Crippen molar-refractivity contribution in [3.63, 3.8) is 0 Å². The van der Waals surface area contributed by atoms with Crippen LogP contribution in [-0.4, -0.2) is 69.2 Å². The first-order valence-electron chi connectivity index (χ1n) is 9.59. The van der Waals surface area contributed by atoms with E-state index >= 15 is 0 Å². The van der Waals surface area contributed by atoms with Gasteiger partial charge in [0.15, 0.2) is 0 Å². The first-order valence-corrected chi connectivity index (χ1v) is 11.0. The van der Waals surface area contributed by atoms with Crippen LogP contribution in [0.15, 0.2) is 33.6 Å². The third kappa shape index (κ3) is 4.85. The molecule has 2 heterocycles. The van der Waals surface area contributed by atoms with Crippen molar-refractivity contribution in [1.29, 1.82) is 0 Å². The minimum atomic E-state index is -3.61. The molecule has 28 heavy (non-hydrogen) atoms. The summed E-state index contributed by atoms with van der Waals surface area (Å²) >= 11 is 0. The van der Waals surface area contributed by atoms with Crippen LogP contribution in [0.3, 0.4) is 0 Å². The van der Waals surface area contributed by atoms with E-state index in [1.807, 2.05) is 22.9 Å². The molecule has 1 aromatic carbocycles. The zero-order chi connectivity index (χ0) is 19.4. The average molecular weight is 429 g/mol. The molecule has 0 saturated carbocycles. The molecule has 2 aliphatic heterocycles. The van der Waals surface area contributed by atoms with Gasteiger partial charge in [-0.3, -0.25) is 4.79 Å². The third-order valence-electron chi connectivity index (χ3n) is 5.12. The van der Waals surface area contributed by atoms with Crippen LogP contribution in [-0.2, 0) is 14.8 Å². The number of amides is 1. The maximum atomic E-state index is 12.7. The van der Waals surface area contributed by atoms with Crippen molar-refractivity contribution in [3.8, 4) is 0 Å². The summed E-state index contributed by atoms with van der Waals surface area (Å²) in [6.07, 6.45) is 3.09. The highest BCUT2D eigenvalue weighted by molar-refractivity contribution is 7.90. The summed E-state index contributed by atoms with van der Waals surface area (Å²) in [7, 11) is -1.78. The number of carbonyl (C=O) groups excluding carboxylic acids is 1. The molecular weight excluding hydrogens is 400 g/mol. The van der Waals surface area contributed by atoms with E-state index in [2.05, 4.69) is 16.6 Å². The molecule has 0 radical (unpaired) electrons. The third-order valence-corrected chi connectivity index (χ3v) is 6.44. The highest BCUT2D eigenvalue weighted by Gasteiger charge is 2.30. The van der Waals surface area contributed by atoms with Gasteiger partial charge in [-0.1, -0.05) is 19.1 Å². The molecule has 0 aliphatic carbocycles. The van der Waals surface area contributed by atoms with Crippen molar-refractivity contribution in [2.45, 2.75) is 43.5 Å². The van der Waals surface area contributed by atoms with Gasteiger partial charge in [0.2, 0.25) is 5.91 Å². The molecule has 7 nitrogen and oxygen atoms in total. The molecule has 0 spiro atoms. The van der Waals surface area contributed by atoms with Gasteiger partial charge in [0, 0.05) is 44.7 Å². The molecule has 1 fully saturated rings. The highest BCUT2D eigenvalue weighted by atomic mass is 35.5. The summed E-state index contributed by atoms with van der Waals surface area (Å²) < 4.78 is 28.3. The second kappa shape index (κ2) is 9.71. The number of fused-ring (bicyclic) bond motifs is 1. The van der Waals surface area contributed by atoms with E-state index in [4.69, 9.17) is 0 Å². The maximum Gasteiger partial charge on any atom is 0.285 e. The summed E-state index contributed by atoms with van der Waals surface area (Å²) in [5, 5.41) is 3.32. The lowest BCUT2D eigenvalue weighted by Crippen LogP contribution is -2.42. The molecule has 9 heteroatoms. The molecule has 0 bridgehead atoms. The Labute approximate surface area is 173 Å². The van der Waals surface area contributed by atoms with Gasteiger partial charge in [-0.2, -0.15) is 8.42 Å². The van der Waals surface area contributed by atoms with E-state index in [-0.39, 0.29) is 23.2 Å². The van der Waals surface area contributed by atoms with Crippen molar-refractivity contribution in [2.75, 3.05) is 33.2 Å². The minimum absolute atomic E-state index is 0. The first kappa shape index (κ1) is 22.6. The van der Waals surface area contributed by atoms with E-state index < -0.39 is 10.0 Å². The lowest BCUT2D eigenvalue weighted by atomic mass is 10.1. The Balaban J connectivity index is 0.00000280. The largest absolute Gasteiger partial charge is 0.358 e. The fourth-order valence-corrected chi connectivity index (χ4v) is 4.99. The van der Waals surface area contributed by atoms with Crippen LogP contribution in [0.25, 0.3) is 0 Å². The van der Waals surface area contributed by atoms with Crippen LogP contribution in [0.1, 0.15) is 38.2 Å². The van der Waals surface area contributed by atoms with Gasteiger partial charge >= 0.3 is 0 Å². The van der Waals surface area contributed by atoms with E-state index in [1.165, 1.54) is 0 Å². The number of rotatable bonds is 7. The smallest absolute Gasteiger partial charge is 0.285 e. The normalized spacial score (nSPS) is 19.5. The predicted molar refractivity (Wildman–Crippen MR) is 113 cm³/mol. The van der Waals surface area contributed by atoms with Gasteiger partial charge in [0.05, 0.1) is 0 Å². The van der Waals surface area contributed by atoms with Crippen molar-refractivity contribution in [3.05, 3.63) is 29.8 Å². The van der Waals surface area contributed by atoms with Crippen LogP contribution in [0.5, 0.6) is 0 Å². The maximum absolute atomic E-state index is 12.7. The Bertz CT molecular complexity index is 822. The van der Waals surface area contributed by atoms with Gasteiger partial charge < -0.3 is 15.1 Å². The van der Waals surface area contributed by atoms with E-state index in [0.29, 0.717) is 36.8 Å². The second-order valence-electron chi connectivity index (χ2n) is 7.14. The fraction of sp³-hybridized carbons (Fsp3) is 0.579. The molecular formula is C19H29ClN4O3S. The molecule has 1 aromatic rings. The molecule has 2 aliphatic rings. The summed E-state index contributed by atoms with van der Waals surface area (Å²) in [4.78, 5) is 16.8. The summed E-state index contributed by atoms with van der Waals surface area (Å²) in [5.41, 5.74) is 0.635. The number of amidine groups is 1. The highest BCUT2D eigenvalue weighted by Crippen LogP contribution is 2.27. The predicted octanol–water partition coefficient (Wildman–Crippen LogP) is 1.87. The molecule has 1 amide bonds. The van der Waals surface area contributed by atoms with Crippen LogP contribution >= 0.6 is 12.4 Å². The van der Waals surface area contributed by atoms with Crippen molar-refractivity contribution in [1.82, 2.24) is 15.1 Å². The van der Waals surface area contributed by atoms with Crippen LogP contribution in [0.2, 0.25) is 0 Å². The standard InChI is InChI=1S/C19H28N4O3S.ClH/c1-3-12-23(15-10-11-20-14-15)18(24)9-6-13-22(2)19-16-7-4-5-8-17(16)27(25,26)21-19;/h4-5,7-8,15,20H,3,6,9-14H2,1-2H3;1H. The number of sulfonamides is 1. The van der Waals surface area contributed by atoms with Gasteiger partial charge in [-0.15, -0.1) is 16.8 Å². The van der Waals surface area contributed by atoms with Crippen molar-refractivity contribution >= 4 is 34.2 Å². The summed E-state index contributed by atoms with van der Waals surface area (Å²) in [5.74, 6) is 0.642. The number of halogens is 1. The Morgan fingerprint density at radius 2 is 2.04 bits per heavy atom. The SMILES string of the molecule is CCCN(C(=O)CCCN(C)C1=NS(=O)(=O)c2ccccc21)C1CCNC1.Cl. The molecule has 1 N–H and O–H groups in total. The molecule has 1 atom stereocenters. The van der Waals surface area contributed by atoms with E-state index in [0.717, 1.165) is 32.5 Å². The molecule has 1 saturated heterocycles. The Morgan fingerprint density at radius 1 is 1.29 bits per heavy atom. The number of hydrogen-bond donors (Lipinski definition) is 1. The number of carbonyl (C=O) groups is 1. The molecule has 156 valence electrons. The topological polar surface area (TPSA) is 82.1 Å². The zero-order valence-electron chi connectivity index (χ0n) is 16.4. The number of benzene rings is 1. The van der Waals surface area contributed by atoms with E-state index in [9.17, 15) is 13.2 Å². The second-order valence-corrected chi connectivity index (χ2v) is 8.72. The van der Waals surface area contributed by atoms with E-state index in [1.54, 1.807) is 18.2 Å². The Morgan fingerprint density at radius 3 is 2.71 bits per heavy atom. The summed E-state index contributed by atoms with van der Waals surface area (Å²) in [6.45, 7) is 5.30. The monoisotopic (exact) mass is 428 g/mol. The first-order chi connectivity index (χ1) is 12.9. The van der Waals surface area contributed by atoms with Gasteiger partial charge in [0.1, 0.15) is 10.7 Å². The zero-order valence-corrected chi connectivity index (χ0v) is 18.1. The summed E-state index contributed by atoms with van der Waals surface area (Å²) in [6, 6.07) is 7.16. The molecule has 3 rings (SSSR count). The van der Waals surface area contributed by atoms with Crippen molar-refractivity contribution in [2.24, 2.45) is 4.40 Å². The number of nitrogens with one attached hydrogen (secondary N) is 1. The van der Waals surface area contributed by atoms with Crippen LogP contribution in [0, 0.1) is 0 Å². The average Bonchev–Trinajstić information content (AvgIpc) is 3.26. The minimum Gasteiger partial charge on any atom is -0.358 e. The number of nitrogens with zero attached hydrogens (tertiary/aromatic N) is 3. The van der Waals surface area contributed by atoms with Crippen LogP contribution in [0.4, 0.5) is 0 Å². The Hall–Kier alpha value is -1.64. The van der Waals surface area contributed by atoms with Crippen LogP contribution < -0.4 is 5.32 Å². The molecule has 1 unspecified atom stereocenters. The lowest BCUT2D eigenvalue weighted by Gasteiger charge is -2.28. The van der Waals surface area contributed by atoms with Gasteiger partial charge in [-0.25, -0.2) is 0 Å². The lowest BCUT2D eigenvalue weighted by molar-refractivity contribution is -0.133. The number of hydrogen-bond acceptors (Lipinski definition) is 5. The molecule has 0 aromatic heterocycles. The fourth-order valence-electron chi connectivity index (χ4n) is 3.74. The quantitative estimate of drug-likeness (QED) is 0.716. The van der Waals surface area contributed by atoms with Gasteiger partial charge in [0.25, 0.3) is 10.0 Å².